The molecule has 192 valence electrons. The predicted octanol–water partition coefficient (Wildman–Crippen LogP) is 3.96. The van der Waals surface area contributed by atoms with Crippen LogP contribution in [0.3, 0.4) is 0 Å². The second-order valence-electron chi connectivity index (χ2n) is 8.55. The topological polar surface area (TPSA) is 96.0 Å². The molecule has 1 unspecified atom stereocenters. The number of halogens is 2. The second-order valence-corrected chi connectivity index (χ2v) is 11.3. The summed E-state index contributed by atoms with van der Waals surface area (Å²) in [4.78, 5) is 27.7. The molecule has 0 bridgehead atoms. The molecule has 8 nitrogen and oxygen atoms in total. The van der Waals surface area contributed by atoms with Crippen LogP contribution in [0.25, 0.3) is 0 Å². The number of benzene rings is 2. The van der Waals surface area contributed by atoms with Gasteiger partial charge in [-0.2, -0.15) is 0 Å². The average Bonchev–Trinajstić information content (AvgIpc) is 2.80. The van der Waals surface area contributed by atoms with E-state index in [0.717, 1.165) is 10.6 Å². The van der Waals surface area contributed by atoms with Gasteiger partial charge in [0.1, 0.15) is 18.3 Å². The lowest BCUT2D eigenvalue weighted by atomic mass is 10.1. The van der Waals surface area contributed by atoms with E-state index in [2.05, 4.69) is 5.32 Å². The van der Waals surface area contributed by atoms with Gasteiger partial charge in [0, 0.05) is 13.1 Å². The smallest absolute Gasteiger partial charge is 0.244 e. The third-order valence-electron chi connectivity index (χ3n) is 5.23. The normalized spacial score (nSPS) is 12.2. The summed E-state index contributed by atoms with van der Waals surface area (Å²) in [5, 5.41) is 3.50. The summed E-state index contributed by atoms with van der Waals surface area (Å²) in [7, 11) is -2.31. The Labute approximate surface area is 217 Å². The van der Waals surface area contributed by atoms with Gasteiger partial charge in [0.2, 0.25) is 21.8 Å². The summed E-state index contributed by atoms with van der Waals surface area (Å²) < 4.78 is 31.3. The van der Waals surface area contributed by atoms with Crippen molar-refractivity contribution in [1.29, 1.82) is 0 Å². The fourth-order valence-electron chi connectivity index (χ4n) is 3.23. The van der Waals surface area contributed by atoms with Gasteiger partial charge in [-0.25, -0.2) is 8.42 Å². The summed E-state index contributed by atoms with van der Waals surface area (Å²) in [6.07, 6.45) is 1.02. The quantitative estimate of drug-likeness (QED) is 0.462. The van der Waals surface area contributed by atoms with Gasteiger partial charge < -0.3 is 15.0 Å². The van der Waals surface area contributed by atoms with Gasteiger partial charge in [-0.15, -0.1) is 0 Å². The Balaban J connectivity index is 2.38. The number of amides is 2. The summed E-state index contributed by atoms with van der Waals surface area (Å²) in [6, 6.07) is 10.4. The van der Waals surface area contributed by atoms with Crippen molar-refractivity contribution in [3.8, 4) is 5.75 Å². The van der Waals surface area contributed by atoms with Gasteiger partial charge in [-0.05, 0) is 54.8 Å². The molecule has 0 radical (unpaired) electrons. The molecule has 2 aromatic carbocycles. The van der Waals surface area contributed by atoms with E-state index in [9.17, 15) is 18.0 Å². The number of nitrogens with one attached hydrogen (secondary N) is 1. The van der Waals surface area contributed by atoms with Crippen LogP contribution in [0.5, 0.6) is 5.75 Å². The molecule has 0 spiro atoms. The van der Waals surface area contributed by atoms with Crippen LogP contribution in [-0.2, 0) is 26.2 Å². The largest absolute Gasteiger partial charge is 0.497 e. The van der Waals surface area contributed by atoms with Gasteiger partial charge in [-0.3, -0.25) is 13.9 Å². The molecule has 0 aliphatic rings. The number of carbonyl (C=O) groups excluding carboxylic acids is 2. The van der Waals surface area contributed by atoms with Gasteiger partial charge in [0.05, 0.1) is 29.1 Å². The maximum Gasteiger partial charge on any atom is 0.244 e. The van der Waals surface area contributed by atoms with E-state index in [-0.39, 0.29) is 18.4 Å². The van der Waals surface area contributed by atoms with Gasteiger partial charge in [-0.1, -0.05) is 43.1 Å². The Kier molecular flexibility index (Phi) is 10.2. The SMILES string of the molecule is COc1ccc(N(CC(=O)N(Cc2ccc(Cl)c(Cl)c2)C(C)C(=O)NCC(C)C)S(C)(=O)=O)cc1. The zero-order valence-corrected chi connectivity index (χ0v) is 22.7. The second kappa shape index (κ2) is 12.5. The van der Waals surface area contributed by atoms with E-state index in [4.69, 9.17) is 27.9 Å². The molecular weight excluding hydrogens is 513 g/mol. The molecule has 0 saturated heterocycles. The average molecular weight is 545 g/mol. The maximum absolute atomic E-state index is 13.5. The minimum absolute atomic E-state index is 0.0339. The highest BCUT2D eigenvalue weighted by Crippen LogP contribution is 2.25. The number of carbonyl (C=O) groups is 2. The molecule has 2 rings (SSSR count). The van der Waals surface area contributed by atoms with Gasteiger partial charge in [0.15, 0.2) is 0 Å². The molecule has 0 aliphatic carbocycles. The predicted molar refractivity (Wildman–Crippen MR) is 140 cm³/mol. The van der Waals surface area contributed by atoms with Crippen molar-refractivity contribution in [2.24, 2.45) is 5.92 Å². The molecule has 0 heterocycles. The number of nitrogens with zero attached hydrogens (tertiary/aromatic N) is 2. The Bertz CT molecular complexity index is 1140. The maximum atomic E-state index is 13.5. The van der Waals surface area contributed by atoms with Crippen LogP contribution in [-0.4, -0.2) is 57.6 Å². The third kappa shape index (κ3) is 8.30. The van der Waals surface area contributed by atoms with Gasteiger partial charge >= 0.3 is 0 Å². The van der Waals surface area contributed by atoms with E-state index in [1.807, 2.05) is 13.8 Å². The number of methoxy groups -OCH3 is 1. The molecule has 35 heavy (non-hydrogen) atoms. The Morgan fingerprint density at radius 1 is 1.03 bits per heavy atom. The standard InChI is InChI=1S/C24H31Cl2N3O5S/c1-16(2)13-27-24(31)17(3)28(14-18-6-11-21(25)22(26)12-18)23(30)15-29(35(5,32)33)19-7-9-20(34-4)10-8-19/h6-12,16-17H,13-15H2,1-5H3,(H,27,31). The Morgan fingerprint density at radius 3 is 2.17 bits per heavy atom. The molecular formula is C24H31Cl2N3O5S. The number of hydrogen-bond acceptors (Lipinski definition) is 5. The fourth-order valence-corrected chi connectivity index (χ4v) is 4.40. The van der Waals surface area contributed by atoms with Crippen molar-refractivity contribution in [2.75, 3.05) is 30.8 Å². The lowest BCUT2D eigenvalue weighted by molar-refractivity contribution is -0.139. The summed E-state index contributed by atoms with van der Waals surface area (Å²) in [6.45, 7) is 5.51. The number of sulfonamides is 1. The van der Waals surface area contributed by atoms with E-state index in [1.54, 1.807) is 49.4 Å². The molecule has 11 heteroatoms. The first kappa shape index (κ1) is 28.7. The first-order chi connectivity index (χ1) is 16.3. The van der Waals surface area contributed by atoms with Crippen LogP contribution in [0, 0.1) is 5.92 Å². The number of ether oxygens (including phenoxy) is 1. The van der Waals surface area contributed by atoms with Crippen LogP contribution < -0.4 is 14.4 Å². The van der Waals surface area contributed by atoms with Crippen molar-refractivity contribution in [3.63, 3.8) is 0 Å². The van der Waals surface area contributed by atoms with E-state index >= 15 is 0 Å². The van der Waals surface area contributed by atoms with Crippen molar-refractivity contribution >= 4 is 50.7 Å². The number of anilines is 1. The lowest BCUT2D eigenvalue weighted by Gasteiger charge is -2.31. The molecule has 2 amide bonds. The zero-order chi connectivity index (χ0) is 26.3. The van der Waals surface area contributed by atoms with E-state index < -0.39 is 28.5 Å². The van der Waals surface area contributed by atoms with Crippen molar-refractivity contribution < 1.29 is 22.7 Å². The molecule has 2 aromatic rings. The van der Waals surface area contributed by atoms with Crippen molar-refractivity contribution in [1.82, 2.24) is 10.2 Å². The molecule has 0 saturated carbocycles. The molecule has 0 aliphatic heterocycles. The molecule has 1 atom stereocenters. The van der Waals surface area contributed by atoms with Crippen LogP contribution >= 0.6 is 23.2 Å². The minimum Gasteiger partial charge on any atom is -0.497 e. The summed E-state index contributed by atoms with van der Waals surface area (Å²) in [5.41, 5.74) is 0.944. The van der Waals surface area contributed by atoms with Crippen LogP contribution in [0.15, 0.2) is 42.5 Å². The van der Waals surface area contributed by atoms with E-state index in [0.29, 0.717) is 33.6 Å². The first-order valence-electron chi connectivity index (χ1n) is 11.0. The van der Waals surface area contributed by atoms with Crippen LogP contribution in [0.2, 0.25) is 10.0 Å². The highest BCUT2D eigenvalue weighted by atomic mass is 35.5. The fraction of sp³-hybridized carbons (Fsp3) is 0.417. The summed E-state index contributed by atoms with van der Waals surface area (Å²) >= 11 is 12.2. The van der Waals surface area contributed by atoms with E-state index in [1.165, 1.54) is 12.0 Å². The van der Waals surface area contributed by atoms with Gasteiger partial charge in [0.25, 0.3) is 0 Å². The van der Waals surface area contributed by atoms with Crippen LogP contribution in [0.4, 0.5) is 5.69 Å². The number of hydrogen-bond donors (Lipinski definition) is 1. The highest BCUT2D eigenvalue weighted by Gasteiger charge is 2.30. The number of rotatable bonds is 11. The minimum atomic E-state index is -3.81. The first-order valence-corrected chi connectivity index (χ1v) is 13.6. The molecule has 0 aromatic heterocycles. The Morgan fingerprint density at radius 2 is 1.66 bits per heavy atom. The third-order valence-corrected chi connectivity index (χ3v) is 7.11. The van der Waals surface area contributed by atoms with Crippen LogP contribution in [0.1, 0.15) is 26.3 Å². The molecule has 0 fully saturated rings. The highest BCUT2D eigenvalue weighted by molar-refractivity contribution is 7.92. The van der Waals surface area contributed by atoms with Crippen molar-refractivity contribution in [2.45, 2.75) is 33.4 Å². The molecule has 1 N–H and O–H groups in total. The summed E-state index contributed by atoms with van der Waals surface area (Å²) in [5.74, 6) is -0.127. The zero-order valence-electron chi connectivity index (χ0n) is 20.4. The lowest BCUT2D eigenvalue weighted by Crippen LogP contribution is -2.51. The van der Waals surface area contributed by atoms with Crippen molar-refractivity contribution in [3.05, 3.63) is 58.1 Å². The Hall–Kier alpha value is -2.49. The monoisotopic (exact) mass is 543 g/mol.